The van der Waals surface area contributed by atoms with E-state index in [0.717, 1.165) is 12.1 Å². The first kappa shape index (κ1) is 12.0. The molecule has 2 rings (SSSR count). The molecule has 4 nitrogen and oxygen atoms in total. The first-order valence-corrected chi connectivity index (χ1v) is 5.75. The number of nitrogens with two attached hydrogens (primary N) is 1. The minimum Gasteiger partial charge on any atom is -0.398 e. The van der Waals surface area contributed by atoms with Gasteiger partial charge in [0.2, 0.25) is 0 Å². The van der Waals surface area contributed by atoms with Gasteiger partial charge in [0.05, 0.1) is 6.20 Å². The number of hydrogen-bond acceptors (Lipinski definition) is 3. The molecule has 1 atom stereocenters. The molecule has 0 bridgehead atoms. The molecule has 0 saturated carbocycles. The summed E-state index contributed by atoms with van der Waals surface area (Å²) in [6.07, 6.45) is 2.67. The largest absolute Gasteiger partial charge is 0.398 e. The van der Waals surface area contributed by atoms with Crippen LogP contribution in [0.1, 0.15) is 24.2 Å². The second-order valence-electron chi connectivity index (χ2n) is 3.81. The maximum Gasteiger partial charge on any atom is 0.109 e. The molecule has 0 saturated heterocycles. The third-order valence-electron chi connectivity index (χ3n) is 2.64. The van der Waals surface area contributed by atoms with Gasteiger partial charge in [-0.15, -0.1) is 0 Å². The Morgan fingerprint density at radius 2 is 2.29 bits per heavy atom. The molecular weight excluding hydrogens is 238 g/mol. The minimum atomic E-state index is -0.771. The van der Waals surface area contributed by atoms with E-state index in [2.05, 4.69) is 5.10 Å². The summed E-state index contributed by atoms with van der Waals surface area (Å²) >= 11 is 5.82. The molecule has 0 amide bonds. The van der Waals surface area contributed by atoms with Crippen molar-refractivity contribution in [1.82, 2.24) is 9.78 Å². The van der Waals surface area contributed by atoms with Gasteiger partial charge in [-0.25, -0.2) is 0 Å². The fourth-order valence-electron chi connectivity index (χ4n) is 1.67. The van der Waals surface area contributed by atoms with E-state index in [-0.39, 0.29) is 0 Å². The van der Waals surface area contributed by atoms with Gasteiger partial charge in [-0.05, 0) is 19.1 Å². The van der Waals surface area contributed by atoms with E-state index in [1.54, 1.807) is 35.3 Å². The lowest BCUT2D eigenvalue weighted by molar-refractivity contribution is 0.221. The molecule has 0 spiro atoms. The fourth-order valence-corrected chi connectivity index (χ4v) is 1.85. The van der Waals surface area contributed by atoms with Crippen LogP contribution < -0.4 is 5.73 Å². The van der Waals surface area contributed by atoms with Crippen LogP contribution in [0.15, 0.2) is 30.6 Å². The second-order valence-corrected chi connectivity index (χ2v) is 4.24. The minimum absolute atomic E-state index is 0.481. The van der Waals surface area contributed by atoms with E-state index >= 15 is 0 Å². The van der Waals surface area contributed by atoms with Crippen molar-refractivity contribution in [2.45, 2.75) is 19.6 Å². The van der Waals surface area contributed by atoms with Gasteiger partial charge in [0.15, 0.2) is 0 Å². The third kappa shape index (κ3) is 2.43. The summed E-state index contributed by atoms with van der Waals surface area (Å²) in [5.41, 5.74) is 7.67. The number of halogens is 1. The van der Waals surface area contributed by atoms with Crippen molar-refractivity contribution in [2.24, 2.45) is 0 Å². The smallest absolute Gasteiger partial charge is 0.109 e. The van der Waals surface area contributed by atoms with Gasteiger partial charge in [0.25, 0.3) is 0 Å². The van der Waals surface area contributed by atoms with Crippen LogP contribution in [0.5, 0.6) is 0 Å². The van der Waals surface area contributed by atoms with Crippen molar-refractivity contribution in [3.8, 4) is 0 Å². The summed E-state index contributed by atoms with van der Waals surface area (Å²) in [4.78, 5) is 0. The fraction of sp³-hybridized carbons (Fsp3) is 0.250. The summed E-state index contributed by atoms with van der Waals surface area (Å²) in [5, 5.41) is 14.9. The van der Waals surface area contributed by atoms with Crippen molar-refractivity contribution in [1.29, 1.82) is 0 Å². The maximum absolute atomic E-state index is 10.2. The lowest BCUT2D eigenvalue weighted by Gasteiger charge is -2.11. The normalized spacial score (nSPS) is 12.6. The summed E-state index contributed by atoms with van der Waals surface area (Å²) in [5.74, 6) is 0. The van der Waals surface area contributed by atoms with E-state index in [4.69, 9.17) is 17.3 Å². The predicted octanol–water partition coefficient (Wildman–Crippen LogP) is 2.22. The van der Waals surface area contributed by atoms with Gasteiger partial charge in [0.1, 0.15) is 6.10 Å². The van der Waals surface area contributed by atoms with Crippen LogP contribution in [0.2, 0.25) is 5.02 Å². The molecular formula is C12H14ClN3O. The van der Waals surface area contributed by atoms with Gasteiger partial charge < -0.3 is 10.8 Å². The van der Waals surface area contributed by atoms with Crippen LogP contribution in [-0.2, 0) is 6.54 Å². The number of rotatable bonds is 3. The summed E-state index contributed by atoms with van der Waals surface area (Å²) in [6, 6.07) is 5.07. The Hall–Kier alpha value is -1.52. The topological polar surface area (TPSA) is 64.1 Å². The lowest BCUT2D eigenvalue weighted by Crippen LogP contribution is -2.03. The first-order valence-electron chi connectivity index (χ1n) is 5.37. The number of anilines is 1. The Balaban J connectivity index is 2.33. The van der Waals surface area contributed by atoms with Crippen LogP contribution in [0, 0.1) is 0 Å². The van der Waals surface area contributed by atoms with Gasteiger partial charge >= 0.3 is 0 Å². The van der Waals surface area contributed by atoms with Crippen LogP contribution >= 0.6 is 11.6 Å². The Labute approximate surface area is 105 Å². The van der Waals surface area contributed by atoms with Gasteiger partial charge in [-0.2, -0.15) is 5.10 Å². The number of benzene rings is 1. The van der Waals surface area contributed by atoms with E-state index in [9.17, 15) is 5.11 Å². The molecule has 0 fully saturated rings. The van der Waals surface area contributed by atoms with Crippen molar-refractivity contribution in [3.63, 3.8) is 0 Å². The zero-order valence-electron chi connectivity index (χ0n) is 9.47. The standard InChI is InChI=1S/C12H14ClN3O/c1-2-16-7-8(6-15-16)12(17)10-4-3-9(13)5-11(10)14/h3-7,12,17H,2,14H2,1H3. The highest BCUT2D eigenvalue weighted by Crippen LogP contribution is 2.28. The molecule has 0 radical (unpaired) electrons. The average molecular weight is 252 g/mol. The molecule has 3 N–H and O–H groups in total. The highest BCUT2D eigenvalue weighted by atomic mass is 35.5. The number of aliphatic hydroxyl groups is 1. The number of hydrogen-bond donors (Lipinski definition) is 2. The Morgan fingerprint density at radius 3 is 2.88 bits per heavy atom. The molecule has 1 aromatic heterocycles. The van der Waals surface area contributed by atoms with Crippen molar-refractivity contribution in [3.05, 3.63) is 46.7 Å². The summed E-state index contributed by atoms with van der Waals surface area (Å²) in [6.45, 7) is 2.75. The number of aliphatic hydroxyl groups excluding tert-OH is 1. The number of aromatic nitrogens is 2. The van der Waals surface area contributed by atoms with Gasteiger partial charge in [-0.1, -0.05) is 17.7 Å². The van der Waals surface area contributed by atoms with Crippen LogP contribution in [0.3, 0.4) is 0 Å². The number of aryl methyl sites for hydroxylation is 1. The number of nitrogen functional groups attached to an aromatic ring is 1. The molecule has 5 heteroatoms. The Morgan fingerprint density at radius 1 is 1.53 bits per heavy atom. The second kappa shape index (κ2) is 4.77. The van der Waals surface area contributed by atoms with Crippen LogP contribution in [0.4, 0.5) is 5.69 Å². The maximum atomic E-state index is 10.2. The number of nitrogens with zero attached hydrogens (tertiary/aromatic N) is 2. The Bertz CT molecular complexity index is 524. The van der Waals surface area contributed by atoms with Gasteiger partial charge in [0, 0.05) is 34.6 Å². The quantitative estimate of drug-likeness (QED) is 0.823. The molecule has 90 valence electrons. The summed E-state index contributed by atoms with van der Waals surface area (Å²) in [7, 11) is 0. The molecule has 0 aliphatic carbocycles. The molecule has 0 aliphatic heterocycles. The molecule has 1 aromatic carbocycles. The van der Waals surface area contributed by atoms with E-state index in [0.29, 0.717) is 16.3 Å². The predicted molar refractivity (Wildman–Crippen MR) is 67.8 cm³/mol. The van der Waals surface area contributed by atoms with E-state index in [1.165, 1.54) is 0 Å². The van der Waals surface area contributed by atoms with E-state index < -0.39 is 6.10 Å². The van der Waals surface area contributed by atoms with Crippen LogP contribution in [-0.4, -0.2) is 14.9 Å². The molecule has 17 heavy (non-hydrogen) atoms. The highest BCUT2D eigenvalue weighted by molar-refractivity contribution is 6.30. The third-order valence-corrected chi connectivity index (χ3v) is 2.87. The van der Waals surface area contributed by atoms with Crippen molar-refractivity contribution >= 4 is 17.3 Å². The Kier molecular flexibility index (Phi) is 3.36. The van der Waals surface area contributed by atoms with Gasteiger partial charge in [-0.3, -0.25) is 4.68 Å². The monoisotopic (exact) mass is 251 g/mol. The molecule has 1 heterocycles. The lowest BCUT2D eigenvalue weighted by atomic mass is 10.0. The zero-order valence-corrected chi connectivity index (χ0v) is 10.2. The molecule has 1 unspecified atom stereocenters. The van der Waals surface area contributed by atoms with Crippen molar-refractivity contribution < 1.29 is 5.11 Å². The van der Waals surface area contributed by atoms with Crippen LogP contribution in [0.25, 0.3) is 0 Å². The first-order chi connectivity index (χ1) is 8.11. The summed E-state index contributed by atoms with van der Waals surface area (Å²) < 4.78 is 1.75. The average Bonchev–Trinajstić information content (AvgIpc) is 2.76. The molecule has 0 aliphatic rings. The SMILES string of the molecule is CCn1cc(C(O)c2ccc(Cl)cc2N)cn1. The van der Waals surface area contributed by atoms with Crippen molar-refractivity contribution in [2.75, 3.05) is 5.73 Å². The highest BCUT2D eigenvalue weighted by Gasteiger charge is 2.15. The zero-order chi connectivity index (χ0) is 12.4. The molecule has 2 aromatic rings. The van der Waals surface area contributed by atoms with E-state index in [1.807, 2.05) is 6.92 Å².